The highest BCUT2D eigenvalue weighted by atomic mass is 35.5. The highest BCUT2D eigenvalue weighted by Gasteiger charge is 2.52. The molecule has 0 amide bonds. The van der Waals surface area contributed by atoms with Crippen LogP contribution in [0.1, 0.15) is 38.7 Å². The lowest BCUT2D eigenvalue weighted by atomic mass is 9.66. The minimum absolute atomic E-state index is 0.0453. The summed E-state index contributed by atoms with van der Waals surface area (Å²) in [4.78, 5) is 26.3. The first-order valence-corrected chi connectivity index (χ1v) is 11.0. The Kier molecular flexibility index (Phi) is 7.59. The molecule has 0 heterocycles. The number of carbonyl (C=O) groups is 2. The van der Waals surface area contributed by atoms with E-state index in [4.69, 9.17) is 21.1 Å². The first-order chi connectivity index (χ1) is 15.3. The van der Waals surface area contributed by atoms with Crippen molar-refractivity contribution in [2.45, 2.75) is 38.7 Å². The third kappa shape index (κ3) is 5.14. The molecule has 3 atom stereocenters. The van der Waals surface area contributed by atoms with Crippen molar-refractivity contribution in [3.05, 3.63) is 76.5 Å². The molecule has 170 valence electrons. The fourth-order valence-electron chi connectivity index (χ4n) is 4.19. The summed E-state index contributed by atoms with van der Waals surface area (Å²) in [7, 11) is 0. The molecule has 2 N–H and O–H groups in total. The molecule has 0 saturated carbocycles. The van der Waals surface area contributed by atoms with E-state index in [0.29, 0.717) is 21.9 Å². The van der Waals surface area contributed by atoms with E-state index in [1.54, 1.807) is 45.0 Å². The summed E-state index contributed by atoms with van der Waals surface area (Å²) in [6.45, 7) is 5.35. The number of esters is 2. The van der Waals surface area contributed by atoms with Crippen LogP contribution in [0.3, 0.4) is 0 Å². The van der Waals surface area contributed by atoms with E-state index in [1.807, 2.05) is 30.3 Å². The molecular weight excluding hydrogens is 430 g/mol. The van der Waals surface area contributed by atoms with Crippen LogP contribution in [0.25, 0.3) is 0 Å². The van der Waals surface area contributed by atoms with Gasteiger partial charge in [0.2, 0.25) is 0 Å². The first-order valence-electron chi connectivity index (χ1n) is 10.6. The third-order valence-electron chi connectivity index (χ3n) is 5.51. The molecule has 0 aliphatic heterocycles. The zero-order valence-corrected chi connectivity index (χ0v) is 19.2. The van der Waals surface area contributed by atoms with Gasteiger partial charge in [0.15, 0.2) is 0 Å². The van der Waals surface area contributed by atoms with E-state index in [0.717, 1.165) is 5.69 Å². The van der Waals surface area contributed by atoms with E-state index in [-0.39, 0.29) is 19.6 Å². The van der Waals surface area contributed by atoms with E-state index < -0.39 is 29.4 Å². The SMILES string of the molecule is CCOC(=O)C1=C(Nc2ccccc2)C[C@@](C)(O)[C@@H](C(=O)OCC)[C@H]1c1ccc(Cl)cc1. The molecule has 2 aromatic rings. The Morgan fingerprint density at radius 1 is 1.06 bits per heavy atom. The van der Waals surface area contributed by atoms with Gasteiger partial charge in [0.25, 0.3) is 0 Å². The number of carbonyl (C=O) groups excluding carboxylic acids is 2. The van der Waals surface area contributed by atoms with Crippen molar-refractivity contribution in [3.63, 3.8) is 0 Å². The molecule has 0 fully saturated rings. The van der Waals surface area contributed by atoms with Crippen LogP contribution in [0.5, 0.6) is 0 Å². The second kappa shape index (κ2) is 10.2. The lowest BCUT2D eigenvalue weighted by Crippen LogP contribution is -2.49. The molecule has 0 radical (unpaired) electrons. The molecular formula is C25H28ClNO5. The summed E-state index contributed by atoms with van der Waals surface area (Å²) < 4.78 is 10.7. The first kappa shape index (κ1) is 23.8. The maximum absolute atomic E-state index is 13.2. The number of rotatable bonds is 7. The predicted octanol–water partition coefficient (Wildman–Crippen LogP) is 4.69. The van der Waals surface area contributed by atoms with Gasteiger partial charge >= 0.3 is 11.9 Å². The van der Waals surface area contributed by atoms with Gasteiger partial charge in [-0.15, -0.1) is 0 Å². The Balaban J connectivity index is 2.23. The Hall–Kier alpha value is -2.83. The summed E-state index contributed by atoms with van der Waals surface area (Å²) in [5, 5.41) is 15.2. The van der Waals surface area contributed by atoms with Crippen molar-refractivity contribution in [3.8, 4) is 0 Å². The summed E-state index contributed by atoms with van der Waals surface area (Å²) in [5.41, 5.74) is 0.721. The Labute approximate surface area is 193 Å². The monoisotopic (exact) mass is 457 g/mol. The van der Waals surface area contributed by atoms with Gasteiger partial charge in [0, 0.05) is 28.7 Å². The molecule has 0 aromatic heterocycles. The standard InChI is InChI=1S/C25H28ClNO5/c1-4-31-23(28)21-19(27-18-9-7-6-8-10-18)15-25(3,30)22(24(29)32-5-2)20(21)16-11-13-17(26)14-12-16/h6-14,20,22,27,30H,4-5,15H2,1-3H3/t20-,22+,25+/m0/s1. The molecule has 32 heavy (non-hydrogen) atoms. The average Bonchev–Trinajstić information content (AvgIpc) is 2.74. The smallest absolute Gasteiger partial charge is 0.336 e. The van der Waals surface area contributed by atoms with Gasteiger partial charge in [0.05, 0.1) is 30.3 Å². The largest absolute Gasteiger partial charge is 0.466 e. The number of nitrogens with one attached hydrogen (secondary N) is 1. The Morgan fingerprint density at radius 2 is 1.69 bits per heavy atom. The minimum atomic E-state index is -1.48. The zero-order valence-electron chi connectivity index (χ0n) is 18.4. The van der Waals surface area contributed by atoms with Crippen molar-refractivity contribution in [2.75, 3.05) is 18.5 Å². The fraction of sp³-hybridized carbons (Fsp3) is 0.360. The van der Waals surface area contributed by atoms with E-state index in [2.05, 4.69) is 5.32 Å². The maximum atomic E-state index is 13.2. The molecule has 1 aliphatic carbocycles. The Bertz CT molecular complexity index is 985. The zero-order chi connectivity index (χ0) is 23.3. The normalized spacial score (nSPS) is 22.9. The fourth-order valence-corrected chi connectivity index (χ4v) is 4.32. The molecule has 6 nitrogen and oxygen atoms in total. The van der Waals surface area contributed by atoms with Crippen molar-refractivity contribution in [2.24, 2.45) is 5.92 Å². The lowest BCUT2D eigenvalue weighted by Gasteiger charge is -2.43. The second-order valence-electron chi connectivity index (χ2n) is 7.90. The summed E-state index contributed by atoms with van der Waals surface area (Å²) >= 11 is 6.08. The molecule has 3 rings (SSSR count). The van der Waals surface area contributed by atoms with Crippen molar-refractivity contribution in [1.29, 1.82) is 0 Å². The lowest BCUT2D eigenvalue weighted by molar-refractivity contribution is -0.159. The van der Waals surface area contributed by atoms with Crippen molar-refractivity contribution >= 4 is 29.2 Å². The number of ether oxygens (including phenoxy) is 2. The molecule has 0 saturated heterocycles. The number of hydrogen-bond acceptors (Lipinski definition) is 6. The number of para-hydroxylation sites is 1. The number of aliphatic hydroxyl groups is 1. The van der Waals surface area contributed by atoms with Gasteiger partial charge in [0.1, 0.15) is 0 Å². The van der Waals surface area contributed by atoms with Gasteiger partial charge < -0.3 is 19.9 Å². The minimum Gasteiger partial charge on any atom is -0.466 e. The quantitative estimate of drug-likeness (QED) is 0.587. The highest BCUT2D eigenvalue weighted by Crippen LogP contribution is 2.48. The summed E-state index contributed by atoms with van der Waals surface area (Å²) in [6.07, 6.45) is 0.0453. The third-order valence-corrected chi connectivity index (χ3v) is 5.76. The number of benzene rings is 2. The second-order valence-corrected chi connectivity index (χ2v) is 8.33. The van der Waals surface area contributed by atoms with Crippen LogP contribution in [-0.4, -0.2) is 35.9 Å². The molecule has 1 aliphatic rings. The number of hydrogen-bond donors (Lipinski definition) is 2. The predicted molar refractivity (Wildman–Crippen MR) is 123 cm³/mol. The van der Waals surface area contributed by atoms with Crippen LogP contribution in [-0.2, 0) is 19.1 Å². The summed E-state index contributed by atoms with van der Waals surface area (Å²) in [6, 6.07) is 16.2. The van der Waals surface area contributed by atoms with Crippen LogP contribution in [0, 0.1) is 5.92 Å². The molecule has 0 spiro atoms. The average molecular weight is 458 g/mol. The van der Waals surface area contributed by atoms with Gasteiger partial charge in [-0.1, -0.05) is 41.9 Å². The maximum Gasteiger partial charge on any atom is 0.336 e. The van der Waals surface area contributed by atoms with Crippen LogP contribution in [0.15, 0.2) is 65.9 Å². The molecule has 2 aromatic carbocycles. The number of halogens is 1. The van der Waals surface area contributed by atoms with Crippen molar-refractivity contribution < 1.29 is 24.2 Å². The van der Waals surface area contributed by atoms with E-state index in [9.17, 15) is 14.7 Å². The molecule has 7 heteroatoms. The topological polar surface area (TPSA) is 84.9 Å². The van der Waals surface area contributed by atoms with Crippen LogP contribution in [0.4, 0.5) is 5.69 Å². The van der Waals surface area contributed by atoms with Gasteiger partial charge in [-0.2, -0.15) is 0 Å². The highest BCUT2D eigenvalue weighted by molar-refractivity contribution is 6.30. The van der Waals surface area contributed by atoms with Crippen LogP contribution >= 0.6 is 11.6 Å². The van der Waals surface area contributed by atoms with Crippen molar-refractivity contribution in [1.82, 2.24) is 0 Å². The van der Waals surface area contributed by atoms with Gasteiger partial charge in [-0.05, 0) is 50.6 Å². The molecule has 0 bridgehead atoms. The Morgan fingerprint density at radius 3 is 2.28 bits per heavy atom. The van der Waals surface area contributed by atoms with Gasteiger partial charge in [-0.3, -0.25) is 4.79 Å². The number of anilines is 1. The molecule has 0 unspecified atom stereocenters. The van der Waals surface area contributed by atoms with E-state index >= 15 is 0 Å². The van der Waals surface area contributed by atoms with E-state index in [1.165, 1.54) is 0 Å². The van der Waals surface area contributed by atoms with Crippen LogP contribution < -0.4 is 5.32 Å². The van der Waals surface area contributed by atoms with Gasteiger partial charge in [-0.25, -0.2) is 4.79 Å². The van der Waals surface area contributed by atoms with Crippen LogP contribution in [0.2, 0.25) is 5.02 Å². The summed E-state index contributed by atoms with van der Waals surface area (Å²) in [5.74, 6) is -2.92.